The lowest BCUT2D eigenvalue weighted by molar-refractivity contribution is 0.174. The summed E-state index contributed by atoms with van der Waals surface area (Å²) in [7, 11) is 1.77. The predicted octanol–water partition coefficient (Wildman–Crippen LogP) is 2.82. The van der Waals surface area contributed by atoms with Gasteiger partial charge in [-0.1, -0.05) is 12.1 Å². The van der Waals surface area contributed by atoms with E-state index in [4.69, 9.17) is 9.47 Å². The number of rotatable bonds is 4. The van der Waals surface area contributed by atoms with Gasteiger partial charge >= 0.3 is 6.03 Å². The molecule has 0 saturated carbocycles. The summed E-state index contributed by atoms with van der Waals surface area (Å²) in [5.41, 5.74) is 1.01. The smallest absolute Gasteiger partial charge is 0.317 e. The van der Waals surface area contributed by atoms with Gasteiger partial charge in [-0.2, -0.15) is 0 Å². The Kier molecular flexibility index (Phi) is 3.96. The molecule has 2 aromatic rings. The molecule has 6 heteroatoms. The Bertz CT molecular complexity index is 628. The van der Waals surface area contributed by atoms with Crippen LogP contribution in [0.3, 0.4) is 0 Å². The predicted molar refractivity (Wildman–Crippen MR) is 80.6 cm³/mol. The molecular formula is C15H16N2O3S. The zero-order valence-corrected chi connectivity index (χ0v) is 12.5. The van der Waals surface area contributed by atoms with Crippen molar-refractivity contribution in [3.63, 3.8) is 0 Å². The first-order valence-corrected chi connectivity index (χ1v) is 7.50. The van der Waals surface area contributed by atoms with Crippen LogP contribution in [0, 0.1) is 0 Å². The summed E-state index contributed by atoms with van der Waals surface area (Å²) in [6.07, 6.45) is 0. The van der Waals surface area contributed by atoms with Crippen LogP contribution in [0.2, 0.25) is 0 Å². The number of hydrogen-bond acceptors (Lipinski definition) is 4. The first-order chi connectivity index (χ1) is 10.2. The Morgan fingerprint density at radius 2 is 2.19 bits per heavy atom. The van der Waals surface area contributed by atoms with Gasteiger partial charge in [0.15, 0.2) is 11.5 Å². The number of nitrogens with one attached hydrogen (secondary N) is 1. The molecule has 1 aliphatic rings. The highest BCUT2D eigenvalue weighted by atomic mass is 32.1. The summed E-state index contributed by atoms with van der Waals surface area (Å²) in [5, 5.41) is 4.90. The number of hydrogen-bond donors (Lipinski definition) is 1. The van der Waals surface area contributed by atoms with E-state index in [0.29, 0.717) is 13.1 Å². The third-order valence-corrected chi connectivity index (χ3v) is 4.07. The average molecular weight is 304 g/mol. The van der Waals surface area contributed by atoms with Gasteiger partial charge in [0.1, 0.15) is 0 Å². The highest BCUT2D eigenvalue weighted by Gasteiger charge is 2.15. The molecule has 0 atom stereocenters. The van der Waals surface area contributed by atoms with E-state index in [1.165, 1.54) is 0 Å². The van der Waals surface area contributed by atoms with Crippen LogP contribution in [-0.2, 0) is 13.1 Å². The maximum atomic E-state index is 12.0. The van der Waals surface area contributed by atoms with Crippen LogP contribution in [0.1, 0.15) is 10.4 Å². The fraction of sp³-hybridized carbons (Fsp3) is 0.267. The van der Waals surface area contributed by atoms with E-state index in [-0.39, 0.29) is 12.8 Å². The maximum Gasteiger partial charge on any atom is 0.317 e. The van der Waals surface area contributed by atoms with Crippen molar-refractivity contribution in [3.8, 4) is 11.5 Å². The monoisotopic (exact) mass is 304 g/mol. The number of thiophene rings is 1. The molecule has 2 amide bonds. The molecule has 21 heavy (non-hydrogen) atoms. The maximum absolute atomic E-state index is 12.0. The number of ether oxygens (including phenoxy) is 2. The lowest BCUT2D eigenvalue weighted by Gasteiger charge is -2.18. The Labute approximate surface area is 127 Å². The van der Waals surface area contributed by atoms with Crippen molar-refractivity contribution in [1.29, 1.82) is 0 Å². The Morgan fingerprint density at radius 3 is 3.00 bits per heavy atom. The Morgan fingerprint density at radius 1 is 1.33 bits per heavy atom. The van der Waals surface area contributed by atoms with Crippen molar-refractivity contribution < 1.29 is 14.3 Å². The zero-order valence-electron chi connectivity index (χ0n) is 11.7. The van der Waals surface area contributed by atoms with Crippen LogP contribution < -0.4 is 14.8 Å². The third kappa shape index (κ3) is 3.28. The van der Waals surface area contributed by atoms with Gasteiger partial charge in [0.2, 0.25) is 6.79 Å². The lowest BCUT2D eigenvalue weighted by Crippen LogP contribution is -2.36. The normalized spacial score (nSPS) is 12.2. The van der Waals surface area contributed by atoms with Crippen molar-refractivity contribution in [2.75, 3.05) is 13.8 Å². The standard InChI is InChI=1S/C15H16N2O3S/c1-17(15(18)16-8-12-3-2-6-21-12)9-11-4-5-13-14(7-11)20-10-19-13/h2-7H,8-10H2,1H3,(H,16,18). The van der Waals surface area contributed by atoms with Gasteiger partial charge in [-0.05, 0) is 29.1 Å². The molecule has 0 spiro atoms. The van der Waals surface area contributed by atoms with Crippen LogP contribution in [0.15, 0.2) is 35.7 Å². The molecule has 0 fully saturated rings. The molecule has 0 bridgehead atoms. The molecule has 0 aliphatic carbocycles. The molecule has 1 aromatic carbocycles. The molecule has 3 rings (SSSR count). The summed E-state index contributed by atoms with van der Waals surface area (Å²) in [4.78, 5) is 14.8. The van der Waals surface area contributed by atoms with Crippen LogP contribution in [-0.4, -0.2) is 24.8 Å². The van der Waals surface area contributed by atoms with Gasteiger partial charge in [0.25, 0.3) is 0 Å². The van der Waals surface area contributed by atoms with Gasteiger partial charge in [-0.25, -0.2) is 4.79 Å². The van der Waals surface area contributed by atoms with E-state index < -0.39 is 0 Å². The second-order valence-corrected chi connectivity index (χ2v) is 5.81. The molecule has 1 aliphatic heterocycles. The molecule has 110 valence electrons. The second-order valence-electron chi connectivity index (χ2n) is 4.78. The second kappa shape index (κ2) is 6.05. The minimum atomic E-state index is -0.0962. The Balaban J connectivity index is 1.55. The number of carbonyl (C=O) groups excluding carboxylic acids is 1. The fourth-order valence-electron chi connectivity index (χ4n) is 2.10. The summed E-state index contributed by atoms with van der Waals surface area (Å²) >= 11 is 1.63. The van der Waals surface area contributed by atoms with Gasteiger partial charge in [0.05, 0.1) is 6.54 Å². The van der Waals surface area contributed by atoms with Crippen molar-refractivity contribution >= 4 is 17.4 Å². The highest BCUT2D eigenvalue weighted by molar-refractivity contribution is 7.09. The summed E-state index contributed by atoms with van der Waals surface area (Å²) < 4.78 is 10.6. The van der Waals surface area contributed by atoms with Crippen molar-refractivity contribution in [1.82, 2.24) is 10.2 Å². The first-order valence-electron chi connectivity index (χ1n) is 6.62. The van der Waals surface area contributed by atoms with E-state index in [2.05, 4.69) is 5.32 Å². The molecule has 1 N–H and O–H groups in total. The van der Waals surface area contributed by atoms with Gasteiger partial charge in [0, 0.05) is 18.5 Å². The summed E-state index contributed by atoms with van der Waals surface area (Å²) in [5.74, 6) is 1.49. The largest absolute Gasteiger partial charge is 0.454 e. The molecule has 0 saturated heterocycles. The lowest BCUT2D eigenvalue weighted by atomic mass is 10.2. The quantitative estimate of drug-likeness (QED) is 0.945. The molecule has 0 radical (unpaired) electrons. The van der Waals surface area contributed by atoms with Crippen LogP contribution in [0.25, 0.3) is 0 Å². The van der Waals surface area contributed by atoms with E-state index in [1.54, 1.807) is 23.3 Å². The van der Waals surface area contributed by atoms with E-state index in [0.717, 1.165) is 21.9 Å². The van der Waals surface area contributed by atoms with Gasteiger partial charge in [-0.15, -0.1) is 11.3 Å². The highest BCUT2D eigenvalue weighted by Crippen LogP contribution is 2.32. The number of nitrogens with zero attached hydrogens (tertiary/aromatic N) is 1. The van der Waals surface area contributed by atoms with Crippen molar-refractivity contribution in [3.05, 3.63) is 46.2 Å². The van der Waals surface area contributed by atoms with Gasteiger partial charge in [-0.3, -0.25) is 0 Å². The molecule has 2 heterocycles. The number of benzene rings is 1. The molecule has 1 aromatic heterocycles. The molecular weight excluding hydrogens is 288 g/mol. The van der Waals surface area contributed by atoms with E-state index >= 15 is 0 Å². The van der Waals surface area contributed by atoms with E-state index in [9.17, 15) is 4.79 Å². The first kappa shape index (κ1) is 13.8. The van der Waals surface area contributed by atoms with E-state index in [1.807, 2.05) is 35.7 Å². The minimum Gasteiger partial charge on any atom is -0.454 e. The third-order valence-electron chi connectivity index (χ3n) is 3.20. The average Bonchev–Trinajstić information content (AvgIpc) is 3.15. The molecule has 5 nitrogen and oxygen atoms in total. The SMILES string of the molecule is CN(Cc1ccc2c(c1)OCO2)C(=O)NCc1cccs1. The number of carbonyl (C=O) groups is 1. The van der Waals surface area contributed by atoms with Crippen LogP contribution in [0.5, 0.6) is 11.5 Å². The Hall–Kier alpha value is -2.21. The summed E-state index contributed by atoms with van der Waals surface area (Å²) in [6.45, 7) is 1.34. The molecule has 0 unspecified atom stereocenters. The zero-order chi connectivity index (χ0) is 14.7. The van der Waals surface area contributed by atoms with Gasteiger partial charge < -0.3 is 19.7 Å². The topological polar surface area (TPSA) is 50.8 Å². The minimum absolute atomic E-state index is 0.0962. The van der Waals surface area contributed by atoms with Crippen LogP contribution >= 0.6 is 11.3 Å². The number of amides is 2. The summed E-state index contributed by atoms with van der Waals surface area (Å²) in [6, 6.07) is 9.60. The van der Waals surface area contributed by atoms with Crippen LogP contribution in [0.4, 0.5) is 4.79 Å². The number of fused-ring (bicyclic) bond motifs is 1. The fourth-order valence-corrected chi connectivity index (χ4v) is 2.74. The van der Waals surface area contributed by atoms with Crippen molar-refractivity contribution in [2.24, 2.45) is 0 Å². The van der Waals surface area contributed by atoms with Crippen molar-refractivity contribution in [2.45, 2.75) is 13.1 Å². The number of urea groups is 1.